The zero-order valence-electron chi connectivity index (χ0n) is 11.3. The number of carbonyl (C=O) groups excluding carboxylic acids is 2. The largest absolute Gasteiger partial charge is 0.274 e. The molecule has 4 heteroatoms. The molecule has 2 saturated carbocycles. The number of hydrogen-bond donors (Lipinski definition) is 0. The number of anilines is 1. The lowest BCUT2D eigenvalue weighted by atomic mass is 9.63. The van der Waals surface area contributed by atoms with Gasteiger partial charge in [0.2, 0.25) is 11.8 Å². The molecule has 0 radical (unpaired) electrons. The van der Waals surface area contributed by atoms with Gasteiger partial charge in [0, 0.05) is 3.57 Å². The Morgan fingerprint density at radius 3 is 1.95 bits per heavy atom. The lowest BCUT2D eigenvalue weighted by Gasteiger charge is -2.37. The molecule has 6 rings (SSSR count). The number of rotatable bonds is 1. The molecule has 0 spiro atoms. The van der Waals surface area contributed by atoms with Gasteiger partial charge < -0.3 is 0 Å². The minimum Gasteiger partial charge on any atom is -0.274 e. The number of benzene rings is 1. The Balaban J connectivity index is 1.58. The average Bonchev–Trinajstić information content (AvgIpc) is 3.26. The highest BCUT2D eigenvalue weighted by Gasteiger charge is 2.67. The van der Waals surface area contributed by atoms with E-state index < -0.39 is 0 Å². The molecule has 1 saturated heterocycles. The Morgan fingerprint density at radius 1 is 0.905 bits per heavy atom. The van der Waals surface area contributed by atoms with Crippen molar-refractivity contribution in [3.8, 4) is 0 Å². The standard InChI is InChI=1S/C17H14INO2/c18-8-1-3-9(4-2-8)19-16(20)14-10-5-6-11(13-7-12(10)13)15(14)17(19)21/h1-6,10-15H,7H2/t10-,11-,12-,13+,14-,15+/m1/s1. The van der Waals surface area contributed by atoms with Gasteiger partial charge in [0.25, 0.3) is 0 Å². The Labute approximate surface area is 136 Å². The van der Waals surface area contributed by atoms with Gasteiger partial charge in [-0.05, 0) is 76.9 Å². The van der Waals surface area contributed by atoms with Gasteiger partial charge in [-0.1, -0.05) is 12.2 Å². The highest BCUT2D eigenvalue weighted by atomic mass is 127. The molecule has 106 valence electrons. The van der Waals surface area contributed by atoms with E-state index in [0.717, 1.165) is 9.26 Å². The maximum atomic E-state index is 12.9. The van der Waals surface area contributed by atoms with Crippen LogP contribution >= 0.6 is 22.6 Å². The van der Waals surface area contributed by atoms with E-state index in [4.69, 9.17) is 0 Å². The molecule has 3 nitrogen and oxygen atoms in total. The maximum absolute atomic E-state index is 12.9. The summed E-state index contributed by atoms with van der Waals surface area (Å²) in [6, 6.07) is 7.65. The van der Waals surface area contributed by atoms with Crippen LogP contribution in [-0.4, -0.2) is 11.8 Å². The Morgan fingerprint density at radius 2 is 1.43 bits per heavy atom. The minimum atomic E-state index is -0.101. The first-order chi connectivity index (χ1) is 10.2. The van der Waals surface area contributed by atoms with Crippen LogP contribution in [0.3, 0.4) is 0 Å². The summed E-state index contributed by atoms with van der Waals surface area (Å²) in [4.78, 5) is 27.2. The van der Waals surface area contributed by atoms with Crippen molar-refractivity contribution in [1.29, 1.82) is 0 Å². The van der Waals surface area contributed by atoms with Crippen molar-refractivity contribution in [1.82, 2.24) is 0 Å². The van der Waals surface area contributed by atoms with E-state index >= 15 is 0 Å². The normalized spacial score (nSPS) is 42.2. The number of halogens is 1. The fraction of sp³-hybridized carbons (Fsp3) is 0.412. The van der Waals surface area contributed by atoms with Crippen LogP contribution in [0.1, 0.15) is 6.42 Å². The molecule has 6 atom stereocenters. The lowest BCUT2D eigenvalue weighted by Crippen LogP contribution is -2.40. The summed E-state index contributed by atoms with van der Waals surface area (Å²) in [6.45, 7) is 0. The number of imide groups is 1. The summed E-state index contributed by atoms with van der Waals surface area (Å²) >= 11 is 2.23. The highest BCUT2D eigenvalue weighted by molar-refractivity contribution is 14.1. The van der Waals surface area contributed by atoms with Gasteiger partial charge in [-0.3, -0.25) is 14.5 Å². The molecule has 0 N–H and O–H groups in total. The third-order valence-corrected chi connectivity index (χ3v) is 6.47. The number of amides is 2. The van der Waals surface area contributed by atoms with Gasteiger partial charge in [0.15, 0.2) is 0 Å². The van der Waals surface area contributed by atoms with E-state index in [-0.39, 0.29) is 23.7 Å². The number of nitrogens with zero attached hydrogens (tertiary/aromatic N) is 1. The maximum Gasteiger partial charge on any atom is 0.238 e. The Kier molecular flexibility index (Phi) is 2.34. The second-order valence-corrected chi connectivity index (χ2v) is 7.89. The molecule has 1 aliphatic heterocycles. The van der Waals surface area contributed by atoms with Crippen molar-refractivity contribution in [2.45, 2.75) is 6.42 Å². The summed E-state index contributed by atoms with van der Waals surface area (Å²) in [5.74, 6) is 1.77. The summed E-state index contributed by atoms with van der Waals surface area (Å²) < 4.78 is 1.11. The van der Waals surface area contributed by atoms with Crippen LogP contribution < -0.4 is 4.90 Å². The molecule has 0 unspecified atom stereocenters. The molecule has 4 aliphatic carbocycles. The quantitative estimate of drug-likeness (QED) is 0.420. The summed E-state index contributed by atoms with van der Waals surface area (Å²) in [5.41, 5.74) is 0.730. The first-order valence-electron chi connectivity index (χ1n) is 7.48. The van der Waals surface area contributed by atoms with Crippen molar-refractivity contribution < 1.29 is 9.59 Å². The van der Waals surface area contributed by atoms with Crippen molar-refractivity contribution in [2.75, 3.05) is 4.90 Å². The van der Waals surface area contributed by atoms with E-state index in [1.807, 2.05) is 24.3 Å². The van der Waals surface area contributed by atoms with Crippen molar-refractivity contribution in [3.05, 3.63) is 40.0 Å². The number of allylic oxidation sites excluding steroid dienone is 2. The van der Waals surface area contributed by atoms with Gasteiger partial charge in [-0.2, -0.15) is 0 Å². The summed E-state index contributed by atoms with van der Waals surface area (Å²) in [7, 11) is 0. The fourth-order valence-corrected chi connectivity index (χ4v) is 5.16. The second kappa shape index (κ2) is 3.97. The van der Waals surface area contributed by atoms with Crippen LogP contribution in [0, 0.1) is 39.1 Å². The fourth-order valence-electron chi connectivity index (χ4n) is 4.80. The molecule has 2 bridgehead atoms. The Bertz CT molecular complexity index is 659. The van der Waals surface area contributed by atoms with Gasteiger partial charge in [0.1, 0.15) is 0 Å². The van der Waals surface area contributed by atoms with Crippen molar-refractivity contribution in [2.24, 2.45) is 35.5 Å². The highest BCUT2D eigenvalue weighted by Crippen LogP contribution is 2.65. The predicted molar refractivity (Wildman–Crippen MR) is 86.3 cm³/mol. The molecule has 5 aliphatic rings. The van der Waals surface area contributed by atoms with Gasteiger partial charge >= 0.3 is 0 Å². The van der Waals surface area contributed by atoms with Gasteiger partial charge in [0.05, 0.1) is 17.5 Å². The molecule has 21 heavy (non-hydrogen) atoms. The van der Waals surface area contributed by atoms with Gasteiger partial charge in [-0.15, -0.1) is 0 Å². The summed E-state index contributed by atoms with van der Waals surface area (Å²) in [6.07, 6.45) is 5.63. The topological polar surface area (TPSA) is 37.4 Å². The third kappa shape index (κ3) is 1.49. The first kappa shape index (κ1) is 12.4. The number of hydrogen-bond acceptors (Lipinski definition) is 2. The van der Waals surface area contributed by atoms with Crippen molar-refractivity contribution in [3.63, 3.8) is 0 Å². The smallest absolute Gasteiger partial charge is 0.238 e. The monoisotopic (exact) mass is 391 g/mol. The van der Waals surface area contributed by atoms with Gasteiger partial charge in [-0.25, -0.2) is 0 Å². The average molecular weight is 391 g/mol. The van der Waals surface area contributed by atoms with Crippen LogP contribution in [0.25, 0.3) is 0 Å². The molecule has 1 heterocycles. The molecular formula is C17H14INO2. The predicted octanol–water partition coefficient (Wildman–Crippen LogP) is 2.85. The Hall–Kier alpha value is -1.17. The van der Waals surface area contributed by atoms with Crippen molar-refractivity contribution >= 4 is 40.1 Å². The molecule has 1 aromatic carbocycles. The van der Waals surface area contributed by atoms with E-state index in [9.17, 15) is 9.59 Å². The van der Waals surface area contributed by atoms with E-state index in [2.05, 4.69) is 34.7 Å². The molecule has 1 aromatic rings. The van der Waals surface area contributed by atoms with Crippen LogP contribution in [0.2, 0.25) is 0 Å². The first-order valence-corrected chi connectivity index (χ1v) is 8.56. The molecule has 3 fully saturated rings. The molecule has 0 aromatic heterocycles. The third-order valence-electron chi connectivity index (χ3n) is 5.75. The second-order valence-electron chi connectivity index (χ2n) is 6.64. The zero-order chi connectivity index (χ0) is 14.3. The van der Waals surface area contributed by atoms with E-state index in [1.54, 1.807) is 0 Å². The molecular weight excluding hydrogens is 377 g/mol. The lowest BCUT2D eigenvalue weighted by molar-refractivity contribution is -0.124. The zero-order valence-corrected chi connectivity index (χ0v) is 13.4. The van der Waals surface area contributed by atoms with Crippen LogP contribution in [0.5, 0.6) is 0 Å². The van der Waals surface area contributed by atoms with E-state index in [0.29, 0.717) is 23.7 Å². The van der Waals surface area contributed by atoms with Crippen LogP contribution in [0.4, 0.5) is 5.69 Å². The minimum absolute atomic E-state index is 0.0240. The molecule has 2 amide bonds. The number of carbonyl (C=O) groups is 2. The van der Waals surface area contributed by atoms with Crippen LogP contribution in [-0.2, 0) is 9.59 Å². The SMILES string of the molecule is O=C1[C@@H]2[C@@H]3C=C[C@H]([C@@H]4C[C@H]34)[C@@H]2C(=O)N1c1ccc(I)cc1. The summed E-state index contributed by atoms with van der Waals surface area (Å²) in [5, 5.41) is 0. The van der Waals surface area contributed by atoms with E-state index in [1.165, 1.54) is 11.3 Å². The van der Waals surface area contributed by atoms with Crippen LogP contribution in [0.15, 0.2) is 36.4 Å².